The van der Waals surface area contributed by atoms with Gasteiger partial charge in [-0.05, 0) is 17.7 Å². The Morgan fingerprint density at radius 1 is 1.20 bits per heavy atom. The van der Waals surface area contributed by atoms with E-state index in [4.69, 9.17) is 4.74 Å². The summed E-state index contributed by atoms with van der Waals surface area (Å²) in [4.78, 5) is 0. The van der Waals surface area contributed by atoms with Crippen molar-refractivity contribution in [1.29, 1.82) is 0 Å². The third kappa shape index (κ3) is 4.83. The maximum Gasteiger partial charge on any atom is 0.118 e. The highest BCUT2D eigenvalue weighted by atomic mass is 35.5. The number of benzene rings is 1. The number of aryl methyl sites for hydroxylation is 1. The Hall–Kier alpha value is -1.59. The summed E-state index contributed by atoms with van der Waals surface area (Å²) in [6, 6.07) is 7.93. The van der Waals surface area contributed by atoms with Gasteiger partial charge in [-0.15, -0.1) is 12.4 Å². The van der Waals surface area contributed by atoms with Crippen LogP contribution in [0.15, 0.2) is 36.7 Å². The van der Waals surface area contributed by atoms with Gasteiger partial charge in [0.25, 0.3) is 0 Å². The SMILES string of the molecule is COc1ccc(CNCc2cnn(CCF)c2)cc1.Cl. The van der Waals surface area contributed by atoms with Crippen molar-refractivity contribution < 1.29 is 9.13 Å². The molecule has 0 fully saturated rings. The zero-order valence-electron chi connectivity index (χ0n) is 11.4. The van der Waals surface area contributed by atoms with Gasteiger partial charge >= 0.3 is 0 Å². The molecular formula is C14H19ClFN3O. The highest BCUT2D eigenvalue weighted by Gasteiger charge is 1.99. The van der Waals surface area contributed by atoms with E-state index in [1.165, 1.54) is 5.56 Å². The van der Waals surface area contributed by atoms with Gasteiger partial charge < -0.3 is 10.1 Å². The molecule has 0 saturated carbocycles. The standard InChI is InChI=1S/C14H18FN3O.ClH/c1-19-14-4-2-12(3-5-14)8-16-9-13-10-17-18(11-13)7-6-15;/h2-5,10-11,16H,6-9H2,1H3;1H. The molecule has 6 heteroatoms. The second-order valence-corrected chi connectivity index (χ2v) is 4.25. The molecule has 0 radical (unpaired) electrons. The number of rotatable bonds is 7. The van der Waals surface area contributed by atoms with Crippen LogP contribution < -0.4 is 10.1 Å². The molecule has 1 aromatic carbocycles. The van der Waals surface area contributed by atoms with Crippen molar-refractivity contribution in [2.75, 3.05) is 13.8 Å². The van der Waals surface area contributed by atoms with E-state index < -0.39 is 0 Å². The third-order valence-electron chi connectivity index (χ3n) is 2.82. The molecule has 0 unspecified atom stereocenters. The van der Waals surface area contributed by atoms with E-state index in [0.717, 1.165) is 24.4 Å². The fraction of sp³-hybridized carbons (Fsp3) is 0.357. The van der Waals surface area contributed by atoms with Crippen molar-refractivity contribution in [3.8, 4) is 5.75 Å². The highest BCUT2D eigenvalue weighted by Crippen LogP contribution is 2.11. The van der Waals surface area contributed by atoms with Crippen LogP contribution in [-0.4, -0.2) is 23.6 Å². The minimum absolute atomic E-state index is 0. The fourth-order valence-electron chi connectivity index (χ4n) is 1.80. The van der Waals surface area contributed by atoms with E-state index in [0.29, 0.717) is 6.54 Å². The van der Waals surface area contributed by atoms with Gasteiger partial charge in [0.15, 0.2) is 0 Å². The fourth-order valence-corrected chi connectivity index (χ4v) is 1.80. The van der Waals surface area contributed by atoms with Gasteiger partial charge in [0.2, 0.25) is 0 Å². The molecule has 4 nitrogen and oxygen atoms in total. The summed E-state index contributed by atoms with van der Waals surface area (Å²) < 4.78 is 18.9. The number of alkyl halides is 1. The number of nitrogens with one attached hydrogen (secondary N) is 1. The zero-order chi connectivity index (χ0) is 13.5. The van der Waals surface area contributed by atoms with E-state index in [9.17, 15) is 4.39 Å². The van der Waals surface area contributed by atoms with Crippen molar-refractivity contribution in [3.05, 3.63) is 47.8 Å². The second-order valence-electron chi connectivity index (χ2n) is 4.25. The van der Waals surface area contributed by atoms with Gasteiger partial charge in [0.1, 0.15) is 12.4 Å². The normalized spacial score (nSPS) is 10.1. The number of ether oxygens (including phenoxy) is 1. The lowest BCUT2D eigenvalue weighted by atomic mass is 10.2. The lowest BCUT2D eigenvalue weighted by molar-refractivity contribution is 0.414. The van der Waals surface area contributed by atoms with Crippen molar-refractivity contribution in [3.63, 3.8) is 0 Å². The van der Waals surface area contributed by atoms with Gasteiger partial charge in [0, 0.05) is 24.8 Å². The average Bonchev–Trinajstić information content (AvgIpc) is 2.88. The van der Waals surface area contributed by atoms with Crippen molar-refractivity contribution in [1.82, 2.24) is 15.1 Å². The smallest absolute Gasteiger partial charge is 0.118 e. The van der Waals surface area contributed by atoms with Gasteiger partial charge in [-0.1, -0.05) is 12.1 Å². The first-order valence-corrected chi connectivity index (χ1v) is 6.23. The van der Waals surface area contributed by atoms with E-state index >= 15 is 0 Å². The first-order valence-electron chi connectivity index (χ1n) is 6.23. The quantitative estimate of drug-likeness (QED) is 0.854. The summed E-state index contributed by atoms with van der Waals surface area (Å²) in [7, 11) is 1.66. The van der Waals surface area contributed by atoms with Crippen LogP contribution in [0.5, 0.6) is 5.75 Å². The lowest BCUT2D eigenvalue weighted by Crippen LogP contribution is -2.12. The first-order chi connectivity index (χ1) is 9.31. The third-order valence-corrected chi connectivity index (χ3v) is 2.82. The van der Waals surface area contributed by atoms with E-state index in [-0.39, 0.29) is 19.1 Å². The average molecular weight is 300 g/mol. The van der Waals surface area contributed by atoms with Crippen molar-refractivity contribution in [2.45, 2.75) is 19.6 Å². The molecule has 0 spiro atoms. The van der Waals surface area contributed by atoms with Gasteiger partial charge in [-0.2, -0.15) is 5.10 Å². The van der Waals surface area contributed by atoms with Crippen LogP contribution in [0.3, 0.4) is 0 Å². The van der Waals surface area contributed by atoms with E-state index in [2.05, 4.69) is 10.4 Å². The Balaban J connectivity index is 0.00000200. The number of aromatic nitrogens is 2. The van der Waals surface area contributed by atoms with Crippen LogP contribution in [0.2, 0.25) is 0 Å². The molecule has 20 heavy (non-hydrogen) atoms. The predicted octanol–water partition coefficient (Wildman–Crippen LogP) is 2.57. The molecule has 1 aromatic heterocycles. The Morgan fingerprint density at radius 3 is 2.55 bits per heavy atom. The molecule has 0 aliphatic rings. The van der Waals surface area contributed by atoms with E-state index in [1.54, 1.807) is 18.0 Å². The number of hydrogen-bond acceptors (Lipinski definition) is 3. The minimum Gasteiger partial charge on any atom is -0.497 e. The summed E-state index contributed by atoms with van der Waals surface area (Å²) in [6.45, 7) is 1.43. The Bertz CT molecular complexity index is 501. The summed E-state index contributed by atoms with van der Waals surface area (Å²) in [6.07, 6.45) is 3.62. The minimum atomic E-state index is -0.388. The molecule has 0 saturated heterocycles. The number of methoxy groups -OCH3 is 1. The van der Waals surface area contributed by atoms with Crippen LogP contribution >= 0.6 is 12.4 Å². The van der Waals surface area contributed by atoms with Crippen molar-refractivity contribution >= 4 is 12.4 Å². The zero-order valence-corrected chi connectivity index (χ0v) is 12.2. The monoisotopic (exact) mass is 299 g/mol. The predicted molar refractivity (Wildman–Crippen MR) is 79.0 cm³/mol. The van der Waals surface area contributed by atoms with Crippen LogP contribution in [0, 0.1) is 0 Å². The lowest BCUT2D eigenvalue weighted by Gasteiger charge is -2.04. The van der Waals surface area contributed by atoms with Crippen LogP contribution in [0.25, 0.3) is 0 Å². The number of hydrogen-bond donors (Lipinski definition) is 1. The summed E-state index contributed by atoms with van der Waals surface area (Å²) in [5.74, 6) is 0.858. The topological polar surface area (TPSA) is 39.1 Å². The van der Waals surface area contributed by atoms with Crippen molar-refractivity contribution in [2.24, 2.45) is 0 Å². The molecule has 1 heterocycles. The molecule has 0 aliphatic heterocycles. The van der Waals surface area contributed by atoms with Gasteiger partial charge in [-0.3, -0.25) is 4.68 Å². The van der Waals surface area contributed by atoms with Crippen LogP contribution in [0.4, 0.5) is 4.39 Å². The molecule has 1 N–H and O–H groups in total. The highest BCUT2D eigenvalue weighted by molar-refractivity contribution is 5.85. The molecule has 0 bridgehead atoms. The largest absolute Gasteiger partial charge is 0.497 e. The Morgan fingerprint density at radius 2 is 1.90 bits per heavy atom. The van der Waals surface area contributed by atoms with Gasteiger partial charge in [0.05, 0.1) is 19.9 Å². The van der Waals surface area contributed by atoms with Gasteiger partial charge in [-0.25, -0.2) is 4.39 Å². The number of nitrogens with zero attached hydrogens (tertiary/aromatic N) is 2. The molecule has 0 atom stereocenters. The Labute approximate surface area is 124 Å². The Kier molecular flexibility index (Phi) is 7.04. The molecular weight excluding hydrogens is 281 g/mol. The maximum absolute atomic E-state index is 12.1. The summed E-state index contributed by atoms with van der Waals surface area (Å²) in [5, 5.41) is 7.40. The molecule has 110 valence electrons. The molecule has 2 aromatic rings. The number of halogens is 2. The maximum atomic E-state index is 12.1. The molecule has 2 rings (SSSR count). The van der Waals surface area contributed by atoms with E-state index in [1.807, 2.05) is 30.5 Å². The second kappa shape index (κ2) is 8.55. The molecule has 0 amide bonds. The summed E-state index contributed by atoms with van der Waals surface area (Å²) in [5.41, 5.74) is 2.25. The van der Waals surface area contributed by atoms with Crippen LogP contribution in [-0.2, 0) is 19.6 Å². The first kappa shape index (κ1) is 16.5. The molecule has 0 aliphatic carbocycles. The van der Waals surface area contributed by atoms with Crippen LogP contribution in [0.1, 0.15) is 11.1 Å². The summed E-state index contributed by atoms with van der Waals surface area (Å²) >= 11 is 0.